The first-order valence-electron chi connectivity index (χ1n) is 13.3. The topological polar surface area (TPSA) is 121 Å². The van der Waals surface area contributed by atoms with E-state index in [0.717, 1.165) is 18.4 Å². The summed E-state index contributed by atoms with van der Waals surface area (Å²) in [6.07, 6.45) is 6.90. The van der Waals surface area contributed by atoms with Gasteiger partial charge in [-0.2, -0.15) is 0 Å². The third-order valence-corrected chi connectivity index (χ3v) is 8.91. The van der Waals surface area contributed by atoms with E-state index < -0.39 is 19.1 Å². The van der Waals surface area contributed by atoms with Crippen LogP contribution >= 0.6 is 0 Å². The first kappa shape index (κ1) is 25.1. The lowest BCUT2D eigenvalue weighted by Crippen LogP contribution is -2.65. The maximum absolute atomic E-state index is 13.4. The summed E-state index contributed by atoms with van der Waals surface area (Å²) < 4.78 is 24.0. The number of ether oxygens (including phenoxy) is 2. The van der Waals surface area contributed by atoms with Gasteiger partial charge in [0.25, 0.3) is 5.91 Å². The number of rotatable bonds is 7. The monoisotopic (exact) mass is 520 g/mol. The molecule has 2 aliphatic heterocycles. The van der Waals surface area contributed by atoms with Crippen LogP contribution in [0.4, 0.5) is 0 Å². The van der Waals surface area contributed by atoms with E-state index in [1.807, 2.05) is 18.2 Å². The molecule has 11 heteroatoms. The van der Waals surface area contributed by atoms with Gasteiger partial charge in [-0.25, -0.2) is 4.98 Å². The number of carbonyl (C=O) groups is 2. The third kappa shape index (κ3) is 4.41. The highest BCUT2D eigenvalue weighted by atomic mass is 16.7. The molecule has 2 N–H and O–H groups in total. The highest BCUT2D eigenvalue weighted by Gasteiger charge is 2.67. The predicted octanol–water partition coefficient (Wildman–Crippen LogP) is 1.97. The van der Waals surface area contributed by atoms with Gasteiger partial charge >= 0.3 is 7.12 Å². The molecule has 3 aliphatic carbocycles. The van der Waals surface area contributed by atoms with Gasteiger partial charge in [0.15, 0.2) is 11.5 Å². The molecule has 0 radical (unpaired) electrons. The van der Waals surface area contributed by atoms with Crippen molar-refractivity contribution in [2.75, 3.05) is 19.7 Å². The number of nitrogens with one attached hydrogen (secondary N) is 2. The Kier molecular flexibility index (Phi) is 6.30. The molecule has 5 aliphatic rings. The molecule has 0 unspecified atom stereocenters. The molecule has 2 bridgehead atoms. The number of fused-ring (bicyclic) bond motifs is 1. The normalized spacial score (nSPS) is 29.0. The van der Waals surface area contributed by atoms with Gasteiger partial charge in [0.2, 0.25) is 5.91 Å². The van der Waals surface area contributed by atoms with Gasteiger partial charge in [0.05, 0.1) is 24.3 Å². The van der Waals surface area contributed by atoms with Crippen LogP contribution in [0, 0.1) is 17.3 Å². The minimum Gasteiger partial charge on any atom is -0.486 e. The van der Waals surface area contributed by atoms with Crippen LogP contribution in [0.3, 0.4) is 0 Å². The number of benzene rings is 1. The van der Waals surface area contributed by atoms with Crippen LogP contribution in [0.25, 0.3) is 0 Å². The van der Waals surface area contributed by atoms with Crippen LogP contribution in [0.2, 0.25) is 0 Å². The van der Waals surface area contributed by atoms with E-state index in [2.05, 4.69) is 41.4 Å². The second-order valence-corrected chi connectivity index (χ2v) is 11.4. The summed E-state index contributed by atoms with van der Waals surface area (Å²) in [5.74, 6) is 1.55. The van der Waals surface area contributed by atoms with E-state index >= 15 is 0 Å². The molecule has 0 spiro atoms. The molecule has 5 atom stereocenters. The quantitative estimate of drug-likeness (QED) is 0.532. The van der Waals surface area contributed by atoms with Gasteiger partial charge in [-0.05, 0) is 54.7 Å². The lowest BCUT2D eigenvalue weighted by Gasteiger charge is -2.64. The van der Waals surface area contributed by atoms with Crippen LogP contribution in [-0.2, 0) is 20.5 Å². The summed E-state index contributed by atoms with van der Waals surface area (Å²) in [5, 5.41) is 5.76. The second-order valence-electron chi connectivity index (χ2n) is 11.4. The van der Waals surface area contributed by atoms with E-state index in [1.165, 1.54) is 18.6 Å². The Bertz CT molecular complexity index is 1230. The lowest BCUT2D eigenvalue weighted by molar-refractivity contribution is -0.199. The van der Waals surface area contributed by atoms with Crippen LogP contribution in [0.15, 0.2) is 36.8 Å². The van der Waals surface area contributed by atoms with Gasteiger partial charge in [-0.15, -0.1) is 0 Å². The van der Waals surface area contributed by atoms with Gasteiger partial charge < -0.3 is 29.4 Å². The predicted molar refractivity (Wildman–Crippen MR) is 138 cm³/mol. The number of hydrogen-bond acceptors (Lipinski definition) is 8. The highest BCUT2D eigenvalue weighted by molar-refractivity contribution is 6.46. The van der Waals surface area contributed by atoms with E-state index in [1.54, 1.807) is 0 Å². The zero-order chi connectivity index (χ0) is 26.5. The Hall–Kier alpha value is -3.18. The van der Waals surface area contributed by atoms with Crippen molar-refractivity contribution in [2.45, 2.75) is 57.8 Å². The third-order valence-electron chi connectivity index (χ3n) is 8.91. The fourth-order valence-electron chi connectivity index (χ4n) is 6.65. The molecule has 2 aromatic rings. The Labute approximate surface area is 222 Å². The van der Waals surface area contributed by atoms with E-state index in [-0.39, 0.29) is 41.6 Å². The minimum atomic E-state index is -0.863. The molecule has 3 saturated carbocycles. The molecule has 200 valence electrons. The zero-order valence-electron chi connectivity index (χ0n) is 21.9. The second kappa shape index (κ2) is 9.53. The minimum absolute atomic E-state index is 0.0334. The highest BCUT2D eigenvalue weighted by Crippen LogP contribution is 2.65. The van der Waals surface area contributed by atoms with Gasteiger partial charge in [-0.3, -0.25) is 14.6 Å². The SMILES string of the molecule is CC1(C)[C@@H]2C[C@H]3OB(CNC(=O)[C@H](Cc4ccc5c(c4)OCCO5)NC(=O)c4cnccn4)O[C@@]3(C)[C@H]1C2. The van der Waals surface area contributed by atoms with Crippen molar-refractivity contribution in [3.63, 3.8) is 0 Å². The standard InChI is InChI=1S/C27H33BN4O6/c1-26(2)17-12-22(26)27(3)23(13-17)37-28(38-27)15-31-24(33)18(32-25(34)19-14-29-6-7-30-19)10-16-4-5-20-21(11-16)36-9-8-35-20/h4-7,11,14,17-18,22-23H,8-10,12-13,15H2,1-3H3,(H,31,33)(H,32,34)/t17-,18-,22-,23+,27-/m0/s1. The van der Waals surface area contributed by atoms with Crippen LogP contribution in [-0.4, -0.2) is 66.3 Å². The van der Waals surface area contributed by atoms with E-state index in [9.17, 15) is 9.59 Å². The summed E-state index contributed by atoms with van der Waals surface area (Å²) >= 11 is 0. The molecular weight excluding hydrogens is 487 g/mol. The van der Waals surface area contributed by atoms with Crippen LogP contribution < -0.4 is 20.1 Å². The van der Waals surface area contributed by atoms with Crippen molar-refractivity contribution in [3.8, 4) is 11.5 Å². The Balaban J connectivity index is 1.14. The summed E-state index contributed by atoms with van der Waals surface area (Å²) in [5.41, 5.74) is 0.848. The Morgan fingerprint density at radius 3 is 2.71 bits per heavy atom. The first-order chi connectivity index (χ1) is 18.2. The molecule has 1 saturated heterocycles. The number of hydrogen-bond donors (Lipinski definition) is 2. The van der Waals surface area contributed by atoms with Gasteiger partial charge in [0, 0.05) is 18.8 Å². The Morgan fingerprint density at radius 1 is 1.13 bits per heavy atom. The average molecular weight is 520 g/mol. The van der Waals surface area contributed by atoms with Gasteiger partial charge in [0.1, 0.15) is 24.9 Å². The van der Waals surface area contributed by atoms with E-state index in [0.29, 0.717) is 36.5 Å². The molecule has 2 amide bonds. The van der Waals surface area contributed by atoms with Crippen molar-refractivity contribution < 1.29 is 28.4 Å². The molecule has 1 aromatic heterocycles. The largest absolute Gasteiger partial charge is 0.486 e. The molecule has 38 heavy (non-hydrogen) atoms. The molecule has 1 aromatic carbocycles. The molecular formula is C27H33BN4O6. The lowest BCUT2D eigenvalue weighted by atomic mass is 9.43. The summed E-state index contributed by atoms with van der Waals surface area (Å²) in [4.78, 5) is 34.3. The number of carbonyl (C=O) groups excluding carboxylic acids is 2. The number of nitrogens with zero attached hydrogens (tertiary/aromatic N) is 2. The van der Waals surface area contributed by atoms with Crippen molar-refractivity contribution in [1.29, 1.82) is 0 Å². The van der Waals surface area contributed by atoms with Crippen molar-refractivity contribution in [2.24, 2.45) is 17.3 Å². The van der Waals surface area contributed by atoms with Crippen LogP contribution in [0.5, 0.6) is 11.5 Å². The summed E-state index contributed by atoms with van der Waals surface area (Å²) in [7, 11) is -0.533. The zero-order valence-corrected chi connectivity index (χ0v) is 21.9. The first-order valence-corrected chi connectivity index (χ1v) is 13.3. The van der Waals surface area contributed by atoms with Crippen molar-refractivity contribution in [3.05, 3.63) is 48.0 Å². The van der Waals surface area contributed by atoms with E-state index in [4.69, 9.17) is 18.8 Å². The molecule has 7 rings (SSSR count). The fourth-order valence-corrected chi connectivity index (χ4v) is 6.65. The maximum atomic E-state index is 13.4. The van der Waals surface area contributed by atoms with Crippen molar-refractivity contribution >= 4 is 18.9 Å². The smallest absolute Gasteiger partial charge is 0.478 e. The molecule has 4 fully saturated rings. The number of aromatic nitrogens is 2. The molecule has 10 nitrogen and oxygen atoms in total. The maximum Gasteiger partial charge on any atom is 0.478 e. The van der Waals surface area contributed by atoms with Crippen molar-refractivity contribution in [1.82, 2.24) is 20.6 Å². The summed E-state index contributed by atoms with van der Waals surface area (Å²) in [6.45, 7) is 7.73. The van der Waals surface area contributed by atoms with Crippen LogP contribution in [0.1, 0.15) is 49.7 Å². The number of amides is 2. The molecule has 3 heterocycles. The van der Waals surface area contributed by atoms with Gasteiger partial charge in [-0.1, -0.05) is 19.9 Å². The Morgan fingerprint density at radius 2 is 1.95 bits per heavy atom. The average Bonchev–Trinajstić information content (AvgIpc) is 3.27. The fraction of sp³-hybridized carbons (Fsp3) is 0.556. The summed E-state index contributed by atoms with van der Waals surface area (Å²) in [6, 6.07) is 4.66.